The van der Waals surface area contributed by atoms with Crippen molar-refractivity contribution in [2.75, 3.05) is 0 Å². The van der Waals surface area contributed by atoms with Crippen LogP contribution in [0.3, 0.4) is 0 Å². The van der Waals surface area contributed by atoms with Crippen molar-refractivity contribution in [1.82, 2.24) is 0 Å². The molecule has 8 nitrogen and oxygen atoms in total. The highest BCUT2D eigenvalue weighted by atomic mass is 31.2. The van der Waals surface area contributed by atoms with Crippen molar-refractivity contribution in [1.29, 1.82) is 0 Å². The van der Waals surface area contributed by atoms with Gasteiger partial charge in [0.05, 0.1) is 5.57 Å². The van der Waals surface area contributed by atoms with Crippen molar-refractivity contribution in [2.45, 2.75) is 5.85 Å². The molecule has 80 valence electrons. The number of hydrogen-bond acceptors (Lipinski definition) is 4. The third-order valence-corrected chi connectivity index (χ3v) is 2.04. The maximum absolute atomic E-state index is 10.4. The number of aliphatic hydroxyl groups is 1. The van der Waals surface area contributed by atoms with Crippen LogP contribution in [0.5, 0.6) is 0 Å². The molecule has 0 spiro atoms. The fourth-order valence-corrected chi connectivity index (χ4v) is 1.11. The summed E-state index contributed by atoms with van der Waals surface area (Å²) in [7, 11) is -5.08. The Morgan fingerprint density at radius 2 is 1.64 bits per heavy atom. The Morgan fingerprint density at radius 1 is 1.21 bits per heavy atom. The lowest BCUT2D eigenvalue weighted by Gasteiger charge is -2.11. The highest BCUT2D eigenvalue weighted by Gasteiger charge is 2.34. The van der Waals surface area contributed by atoms with Crippen LogP contribution in [-0.4, -0.2) is 42.9 Å². The summed E-state index contributed by atoms with van der Waals surface area (Å²) in [6.45, 7) is 0. The molecule has 0 bridgehead atoms. The van der Waals surface area contributed by atoms with Crippen molar-refractivity contribution >= 4 is 19.5 Å². The van der Waals surface area contributed by atoms with Gasteiger partial charge in [0.15, 0.2) is 5.85 Å². The first-order chi connectivity index (χ1) is 6.16. The van der Waals surface area contributed by atoms with E-state index >= 15 is 0 Å². The highest BCUT2D eigenvalue weighted by Crippen LogP contribution is 2.43. The molecule has 0 unspecified atom stereocenters. The van der Waals surface area contributed by atoms with Gasteiger partial charge in [-0.15, -0.1) is 0 Å². The molecule has 0 aromatic rings. The molecule has 0 saturated heterocycles. The fourth-order valence-electron chi connectivity index (χ4n) is 0.561. The van der Waals surface area contributed by atoms with Crippen LogP contribution in [0.2, 0.25) is 0 Å². The minimum absolute atomic E-state index is 0.0199. The predicted octanol–water partition coefficient (Wildman–Crippen LogP) is -1.42. The van der Waals surface area contributed by atoms with Crippen LogP contribution >= 0.6 is 7.60 Å². The van der Waals surface area contributed by atoms with E-state index < -0.39 is 31.0 Å². The first-order valence-corrected chi connectivity index (χ1v) is 4.75. The molecule has 5 N–H and O–H groups in total. The number of aliphatic carboxylic acids is 2. The van der Waals surface area contributed by atoms with E-state index in [1.807, 2.05) is 0 Å². The van der Waals surface area contributed by atoms with E-state index in [0.29, 0.717) is 0 Å². The third-order valence-electron chi connectivity index (χ3n) is 1.12. The zero-order chi connectivity index (χ0) is 11.5. The van der Waals surface area contributed by atoms with Crippen LogP contribution < -0.4 is 0 Å². The van der Waals surface area contributed by atoms with Gasteiger partial charge in [-0.2, -0.15) is 0 Å². The van der Waals surface area contributed by atoms with Crippen LogP contribution in [0.4, 0.5) is 0 Å². The molecule has 0 radical (unpaired) electrons. The molecule has 0 saturated carbocycles. The fraction of sp³-hybridized carbons (Fsp3) is 0.200. The molecule has 0 amide bonds. The minimum atomic E-state index is -5.08. The Labute approximate surface area is 77.3 Å². The molecule has 0 aliphatic rings. The van der Waals surface area contributed by atoms with E-state index in [1.165, 1.54) is 0 Å². The van der Waals surface area contributed by atoms with Crippen LogP contribution in [0, 0.1) is 0 Å². The first kappa shape index (κ1) is 12.8. The number of carbonyl (C=O) groups is 2. The molecule has 0 rings (SSSR count). The summed E-state index contributed by atoms with van der Waals surface area (Å²) < 4.78 is 10.4. The van der Waals surface area contributed by atoms with Crippen LogP contribution in [0.1, 0.15) is 0 Å². The third kappa shape index (κ3) is 3.67. The normalized spacial score (nSPS) is 14.9. The van der Waals surface area contributed by atoms with Crippen molar-refractivity contribution in [3.63, 3.8) is 0 Å². The maximum atomic E-state index is 10.4. The smallest absolute Gasteiger partial charge is 0.358 e. The Balaban J connectivity index is 5.15. The summed E-state index contributed by atoms with van der Waals surface area (Å²) in [5.41, 5.74) is -1.27. The van der Waals surface area contributed by atoms with E-state index in [-0.39, 0.29) is 6.08 Å². The van der Waals surface area contributed by atoms with Gasteiger partial charge in [0.25, 0.3) is 0 Å². The van der Waals surface area contributed by atoms with Gasteiger partial charge >= 0.3 is 19.5 Å². The van der Waals surface area contributed by atoms with Gasteiger partial charge in [0, 0.05) is 6.08 Å². The van der Waals surface area contributed by atoms with Crippen molar-refractivity contribution < 1.29 is 39.3 Å². The monoisotopic (exact) mass is 226 g/mol. The Bertz CT molecular complexity index is 325. The first-order valence-electron chi connectivity index (χ1n) is 3.07. The molecular formula is C5H7O8P. The zero-order valence-corrected chi connectivity index (χ0v) is 7.46. The van der Waals surface area contributed by atoms with Gasteiger partial charge in [-0.3, -0.25) is 4.57 Å². The molecular weight excluding hydrogens is 219 g/mol. The van der Waals surface area contributed by atoms with Crippen molar-refractivity contribution in [3.05, 3.63) is 11.6 Å². The lowest BCUT2D eigenvalue weighted by atomic mass is 10.2. The van der Waals surface area contributed by atoms with Crippen molar-refractivity contribution in [3.8, 4) is 0 Å². The second-order valence-corrected chi connectivity index (χ2v) is 3.87. The molecule has 1 atom stereocenters. The van der Waals surface area contributed by atoms with E-state index in [1.54, 1.807) is 0 Å². The molecule has 0 aromatic carbocycles. The maximum Gasteiger partial charge on any atom is 0.358 e. The van der Waals surface area contributed by atoms with Gasteiger partial charge in [-0.1, -0.05) is 0 Å². The molecule has 14 heavy (non-hydrogen) atoms. The SMILES string of the molecule is O=C(O)/C=C(\C(=O)O)[C@H](O)P(=O)(O)O. The van der Waals surface area contributed by atoms with E-state index in [2.05, 4.69) is 0 Å². The Kier molecular flexibility index (Phi) is 3.96. The van der Waals surface area contributed by atoms with Crippen molar-refractivity contribution in [2.24, 2.45) is 0 Å². The lowest BCUT2D eigenvalue weighted by molar-refractivity contribution is -0.135. The number of carboxylic acids is 2. The van der Waals surface area contributed by atoms with Gasteiger partial charge in [-0.05, 0) is 0 Å². The van der Waals surface area contributed by atoms with Crippen LogP contribution in [-0.2, 0) is 14.2 Å². The summed E-state index contributed by atoms with van der Waals surface area (Å²) in [4.78, 5) is 37.1. The second-order valence-electron chi connectivity index (χ2n) is 2.21. The summed E-state index contributed by atoms with van der Waals surface area (Å²) in [6.07, 6.45) is 0.0199. The average molecular weight is 226 g/mol. The number of aliphatic hydroxyl groups excluding tert-OH is 1. The Morgan fingerprint density at radius 3 is 1.86 bits per heavy atom. The zero-order valence-electron chi connectivity index (χ0n) is 6.56. The number of carboxylic acid groups (broad SMARTS) is 2. The lowest BCUT2D eigenvalue weighted by Crippen LogP contribution is -2.19. The topological polar surface area (TPSA) is 152 Å². The van der Waals surface area contributed by atoms with E-state index in [0.717, 1.165) is 0 Å². The van der Waals surface area contributed by atoms with Crippen LogP contribution in [0.15, 0.2) is 11.6 Å². The van der Waals surface area contributed by atoms with Gasteiger partial charge in [-0.25, -0.2) is 9.59 Å². The largest absolute Gasteiger partial charge is 0.478 e. The number of rotatable bonds is 4. The van der Waals surface area contributed by atoms with E-state index in [4.69, 9.17) is 25.1 Å². The Hall–Kier alpha value is -1.21. The molecule has 0 fully saturated rings. The predicted molar refractivity (Wildman–Crippen MR) is 41.4 cm³/mol. The van der Waals surface area contributed by atoms with Gasteiger partial charge in [0.1, 0.15) is 0 Å². The number of hydrogen-bond donors (Lipinski definition) is 5. The minimum Gasteiger partial charge on any atom is -0.478 e. The second kappa shape index (κ2) is 4.34. The summed E-state index contributed by atoms with van der Waals surface area (Å²) in [5, 5.41) is 25.3. The highest BCUT2D eigenvalue weighted by molar-refractivity contribution is 7.52. The quantitative estimate of drug-likeness (QED) is 0.289. The van der Waals surface area contributed by atoms with E-state index in [9.17, 15) is 14.2 Å². The average Bonchev–Trinajstić information content (AvgIpc) is 1.96. The molecule has 0 aliphatic heterocycles. The summed E-state index contributed by atoms with van der Waals surface area (Å²) in [5.74, 6) is -6.28. The summed E-state index contributed by atoms with van der Waals surface area (Å²) in [6, 6.07) is 0. The van der Waals surface area contributed by atoms with Gasteiger partial charge < -0.3 is 25.1 Å². The molecule has 9 heteroatoms. The van der Waals surface area contributed by atoms with Crippen LogP contribution in [0.25, 0.3) is 0 Å². The summed E-state index contributed by atoms with van der Waals surface area (Å²) >= 11 is 0. The molecule has 0 heterocycles. The molecule has 0 aliphatic carbocycles. The molecule has 0 aromatic heterocycles. The standard InChI is InChI=1S/C5H7O8P/c6-3(7)1-2(4(8)9)5(10)14(11,12)13/h1,5,10H,(H,6,7)(H,8,9)(H2,11,12,13)/b2-1+/t5-/m1/s1. The van der Waals surface area contributed by atoms with Gasteiger partial charge in [0.2, 0.25) is 0 Å².